The van der Waals surface area contributed by atoms with E-state index in [1.54, 1.807) is 6.07 Å². The molecule has 2 nitrogen and oxygen atoms in total. The first kappa shape index (κ1) is 16.0. The van der Waals surface area contributed by atoms with E-state index < -0.39 is 23.5 Å². The van der Waals surface area contributed by atoms with Crippen molar-refractivity contribution in [1.29, 1.82) is 0 Å². The lowest BCUT2D eigenvalue weighted by Gasteiger charge is -2.13. The van der Waals surface area contributed by atoms with Gasteiger partial charge in [-0.05, 0) is 36.2 Å². The fourth-order valence-electron chi connectivity index (χ4n) is 2.03. The lowest BCUT2D eigenvalue weighted by atomic mass is 10.1. The maximum Gasteiger partial charge on any atom is 0.416 e. The van der Waals surface area contributed by atoms with Crippen LogP contribution in [-0.4, -0.2) is 5.91 Å². The number of anilines is 1. The fourth-order valence-corrected chi connectivity index (χ4v) is 2.03. The van der Waals surface area contributed by atoms with E-state index in [2.05, 4.69) is 5.32 Å². The summed E-state index contributed by atoms with van der Waals surface area (Å²) in [5.41, 5.74) is -0.529. The molecule has 2 aromatic carbocycles. The van der Waals surface area contributed by atoms with E-state index >= 15 is 0 Å². The summed E-state index contributed by atoms with van der Waals surface area (Å²) in [6.45, 7) is 1.34. The number of aryl methyl sites for hydroxylation is 1. The van der Waals surface area contributed by atoms with Crippen molar-refractivity contribution in [3.8, 4) is 0 Å². The van der Waals surface area contributed by atoms with E-state index in [1.807, 2.05) is 0 Å². The summed E-state index contributed by atoms with van der Waals surface area (Å²) in [5.74, 6) is -1.11. The number of amides is 1. The first-order chi connectivity index (χ1) is 10.3. The first-order valence-corrected chi connectivity index (χ1v) is 6.48. The van der Waals surface area contributed by atoms with Gasteiger partial charge in [0.2, 0.25) is 5.91 Å². The second kappa shape index (κ2) is 6.17. The zero-order valence-electron chi connectivity index (χ0n) is 11.7. The van der Waals surface area contributed by atoms with Crippen molar-refractivity contribution in [2.75, 3.05) is 5.32 Å². The topological polar surface area (TPSA) is 29.1 Å². The molecule has 0 spiro atoms. The highest BCUT2D eigenvalue weighted by molar-refractivity contribution is 5.92. The van der Waals surface area contributed by atoms with Gasteiger partial charge in [0.05, 0.1) is 12.0 Å². The Morgan fingerprint density at radius 1 is 1.14 bits per heavy atom. The summed E-state index contributed by atoms with van der Waals surface area (Å²) in [6.07, 6.45) is -4.74. The van der Waals surface area contributed by atoms with Gasteiger partial charge in [0, 0.05) is 5.69 Å². The van der Waals surface area contributed by atoms with Crippen molar-refractivity contribution in [2.45, 2.75) is 19.5 Å². The van der Waals surface area contributed by atoms with E-state index in [4.69, 9.17) is 0 Å². The number of benzene rings is 2. The number of nitrogens with one attached hydrogen (secondary N) is 1. The lowest BCUT2D eigenvalue weighted by molar-refractivity contribution is -0.138. The molecule has 0 saturated carbocycles. The van der Waals surface area contributed by atoms with Gasteiger partial charge in [-0.15, -0.1) is 0 Å². The standard InChI is InChI=1S/C16H13F4NO/c1-10-6-7-12(9-13(10)16(18,19)20)21-15(22)8-11-4-2-3-5-14(11)17/h2-7,9H,8H2,1H3,(H,21,22). The zero-order chi connectivity index (χ0) is 16.3. The van der Waals surface area contributed by atoms with Crippen LogP contribution in [0.5, 0.6) is 0 Å². The number of carbonyl (C=O) groups excluding carboxylic acids is 1. The molecular weight excluding hydrogens is 298 g/mol. The maximum absolute atomic E-state index is 13.4. The highest BCUT2D eigenvalue weighted by Gasteiger charge is 2.32. The Kier molecular flexibility index (Phi) is 4.49. The number of hydrogen-bond acceptors (Lipinski definition) is 1. The average Bonchev–Trinajstić information content (AvgIpc) is 2.42. The molecule has 0 atom stereocenters. The van der Waals surface area contributed by atoms with E-state index in [0.717, 1.165) is 6.07 Å². The number of hydrogen-bond donors (Lipinski definition) is 1. The second-order valence-corrected chi connectivity index (χ2v) is 4.84. The molecule has 0 aliphatic rings. The van der Waals surface area contributed by atoms with Gasteiger partial charge in [-0.3, -0.25) is 4.79 Å². The van der Waals surface area contributed by atoms with Gasteiger partial charge in [-0.2, -0.15) is 13.2 Å². The van der Waals surface area contributed by atoms with Crippen LogP contribution in [0.1, 0.15) is 16.7 Å². The van der Waals surface area contributed by atoms with Crippen molar-refractivity contribution in [3.05, 3.63) is 65.0 Å². The highest BCUT2D eigenvalue weighted by Crippen LogP contribution is 2.33. The van der Waals surface area contributed by atoms with Crippen LogP contribution in [0.15, 0.2) is 42.5 Å². The Hall–Kier alpha value is -2.37. The summed E-state index contributed by atoms with van der Waals surface area (Å²) in [4.78, 5) is 11.8. The van der Waals surface area contributed by atoms with Gasteiger partial charge in [-0.25, -0.2) is 4.39 Å². The van der Waals surface area contributed by atoms with Crippen LogP contribution >= 0.6 is 0 Å². The maximum atomic E-state index is 13.4. The van der Waals surface area contributed by atoms with Crippen molar-refractivity contribution < 1.29 is 22.4 Å². The molecule has 0 fully saturated rings. The molecule has 0 bridgehead atoms. The Balaban J connectivity index is 2.14. The molecule has 116 valence electrons. The average molecular weight is 311 g/mol. The lowest BCUT2D eigenvalue weighted by Crippen LogP contribution is -2.16. The van der Waals surface area contributed by atoms with E-state index in [1.165, 1.54) is 37.3 Å². The van der Waals surface area contributed by atoms with Crippen molar-refractivity contribution in [2.24, 2.45) is 0 Å². The molecule has 0 radical (unpaired) electrons. The van der Waals surface area contributed by atoms with Gasteiger partial charge < -0.3 is 5.32 Å². The SMILES string of the molecule is Cc1ccc(NC(=O)Cc2ccccc2F)cc1C(F)(F)F. The van der Waals surface area contributed by atoms with Crippen LogP contribution in [0.2, 0.25) is 0 Å². The van der Waals surface area contributed by atoms with Crippen LogP contribution in [0.3, 0.4) is 0 Å². The molecule has 22 heavy (non-hydrogen) atoms. The quantitative estimate of drug-likeness (QED) is 0.840. The fraction of sp³-hybridized carbons (Fsp3) is 0.188. The van der Waals surface area contributed by atoms with Gasteiger partial charge in [0.1, 0.15) is 5.82 Å². The van der Waals surface area contributed by atoms with Gasteiger partial charge in [0.15, 0.2) is 0 Å². The summed E-state index contributed by atoms with van der Waals surface area (Å²) in [5, 5.41) is 2.35. The number of carbonyl (C=O) groups is 1. The predicted octanol–water partition coefficient (Wildman–Crippen LogP) is 4.33. The number of alkyl halides is 3. The largest absolute Gasteiger partial charge is 0.416 e. The summed E-state index contributed by atoms with van der Waals surface area (Å²) < 4.78 is 51.8. The van der Waals surface area contributed by atoms with Crippen LogP contribution in [-0.2, 0) is 17.4 Å². The Labute approximate surface area is 124 Å². The van der Waals surface area contributed by atoms with Crippen LogP contribution in [0.25, 0.3) is 0 Å². The zero-order valence-corrected chi connectivity index (χ0v) is 11.7. The highest BCUT2D eigenvalue weighted by atomic mass is 19.4. The number of halogens is 4. The van der Waals surface area contributed by atoms with Crippen LogP contribution in [0.4, 0.5) is 23.2 Å². The molecular formula is C16H13F4NO. The van der Waals surface area contributed by atoms with Gasteiger partial charge >= 0.3 is 6.18 Å². The minimum absolute atomic E-state index is 0.0271. The number of rotatable bonds is 3. The third kappa shape index (κ3) is 3.84. The van der Waals surface area contributed by atoms with Crippen LogP contribution < -0.4 is 5.32 Å². The van der Waals surface area contributed by atoms with E-state index in [9.17, 15) is 22.4 Å². The minimum Gasteiger partial charge on any atom is -0.326 e. The molecule has 0 aromatic heterocycles. The smallest absolute Gasteiger partial charge is 0.326 e. The Bertz CT molecular complexity index is 695. The molecule has 2 aromatic rings. The molecule has 2 rings (SSSR count). The second-order valence-electron chi connectivity index (χ2n) is 4.84. The molecule has 0 aliphatic heterocycles. The molecule has 0 aliphatic carbocycles. The molecule has 1 amide bonds. The summed E-state index contributed by atoms with van der Waals surface area (Å²) in [6, 6.07) is 9.27. The molecule has 6 heteroatoms. The van der Waals surface area contributed by atoms with Gasteiger partial charge in [-0.1, -0.05) is 24.3 Å². The Morgan fingerprint density at radius 3 is 2.45 bits per heavy atom. The van der Waals surface area contributed by atoms with Crippen LogP contribution in [0, 0.1) is 12.7 Å². The summed E-state index contributed by atoms with van der Waals surface area (Å²) >= 11 is 0. The van der Waals surface area contributed by atoms with E-state index in [-0.39, 0.29) is 23.2 Å². The molecule has 1 N–H and O–H groups in total. The van der Waals surface area contributed by atoms with Crippen molar-refractivity contribution in [1.82, 2.24) is 0 Å². The first-order valence-electron chi connectivity index (χ1n) is 6.48. The minimum atomic E-state index is -4.49. The molecule has 0 heterocycles. The third-order valence-corrected chi connectivity index (χ3v) is 3.14. The monoisotopic (exact) mass is 311 g/mol. The summed E-state index contributed by atoms with van der Waals surface area (Å²) in [7, 11) is 0. The molecule has 0 saturated heterocycles. The Morgan fingerprint density at radius 2 is 1.82 bits per heavy atom. The van der Waals surface area contributed by atoms with Gasteiger partial charge in [0.25, 0.3) is 0 Å². The molecule has 0 unspecified atom stereocenters. The third-order valence-electron chi connectivity index (χ3n) is 3.14. The van der Waals surface area contributed by atoms with E-state index in [0.29, 0.717) is 0 Å². The normalized spacial score (nSPS) is 11.3. The predicted molar refractivity (Wildman–Crippen MR) is 74.9 cm³/mol. The van der Waals surface area contributed by atoms with Crippen molar-refractivity contribution >= 4 is 11.6 Å². The van der Waals surface area contributed by atoms with Crippen molar-refractivity contribution in [3.63, 3.8) is 0 Å².